The van der Waals surface area contributed by atoms with Crippen LogP contribution >= 0.6 is 34.2 Å². The third-order valence-electron chi connectivity index (χ3n) is 3.97. The molecule has 1 saturated carbocycles. The van der Waals surface area contributed by atoms with Crippen molar-refractivity contribution in [2.75, 3.05) is 11.0 Å². The Balaban J connectivity index is 1.91. The summed E-state index contributed by atoms with van der Waals surface area (Å²) in [4.78, 5) is 0. The highest BCUT2D eigenvalue weighted by Crippen LogP contribution is 2.32. The van der Waals surface area contributed by atoms with Gasteiger partial charge >= 0.3 is 0 Å². The Labute approximate surface area is 135 Å². The van der Waals surface area contributed by atoms with Crippen molar-refractivity contribution in [1.29, 1.82) is 0 Å². The predicted molar refractivity (Wildman–Crippen MR) is 90.2 cm³/mol. The Bertz CT molecular complexity index is 396. The lowest BCUT2D eigenvalue weighted by molar-refractivity contribution is 0.0289. The van der Waals surface area contributed by atoms with E-state index in [1.165, 1.54) is 25.7 Å². The lowest BCUT2D eigenvalue weighted by Crippen LogP contribution is -2.20. The first-order valence-corrected chi connectivity index (χ1v) is 9.03. The minimum atomic E-state index is 0.131. The Morgan fingerprint density at radius 1 is 1.37 bits per heavy atom. The molecule has 1 aromatic carbocycles. The number of ether oxygens (including phenoxy) is 1. The van der Waals surface area contributed by atoms with E-state index < -0.39 is 0 Å². The lowest BCUT2D eigenvalue weighted by Gasteiger charge is -2.28. The topological polar surface area (TPSA) is 9.23 Å². The fourth-order valence-electron chi connectivity index (χ4n) is 2.92. The van der Waals surface area contributed by atoms with E-state index in [-0.39, 0.29) is 6.10 Å². The Morgan fingerprint density at radius 3 is 2.84 bits per heavy atom. The number of hydrogen-bond donors (Lipinski definition) is 0. The van der Waals surface area contributed by atoms with E-state index in [2.05, 4.69) is 35.6 Å². The van der Waals surface area contributed by atoms with Gasteiger partial charge in [0.15, 0.2) is 0 Å². The maximum Gasteiger partial charge on any atom is 0.0928 e. The lowest BCUT2D eigenvalue weighted by atomic mass is 9.83. The van der Waals surface area contributed by atoms with Crippen LogP contribution in [0.25, 0.3) is 0 Å². The zero-order chi connectivity index (χ0) is 13.7. The number of benzene rings is 1. The van der Waals surface area contributed by atoms with E-state index in [1.807, 2.05) is 18.2 Å². The first-order valence-electron chi connectivity index (χ1n) is 7.12. The third kappa shape index (κ3) is 4.61. The Kier molecular flexibility index (Phi) is 6.43. The highest BCUT2D eigenvalue weighted by atomic mass is 127. The summed E-state index contributed by atoms with van der Waals surface area (Å²) >= 11 is 8.64. The molecule has 19 heavy (non-hydrogen) atoms. The van der Waals surface area contributed by atoms with Crippen LogP contribution < -0.4 is 0 Å². The molecule has 0 aromatic heterocycles. The van der Waals surface area contributed by atoms with E-state index in [9.17, 15) is 0 Å². The van der Waals surface area contributed by atoms with Crippen LogP contribution in [0.5, 0.6) is 0 Å². The molecule has 0 radical (unpaired) electrons. The summed E-state index contributed by atoms with van der Waals surface area (Å²) in [5, 5.41) is 0.821. The van der Waals surface area contributed by atoms with Crippen LogP contribution in [-0.2, 0) is 4.74 Å². The monoisotopic (exact) mass is 392 g/mol. The normalized spacial score (nSPS) is 25.2. The van der Waals surface area contributed by atoms with Gasteiger partial charge in [-0.25, -0.2) is 0 Å². The molecule has 1 nitrogen and oxygen atoms in total. The summed E-state index contributed by atoms with van der Waals surface area (Å²) in [5.41, 5.74) is 1.13. The van der Waals surface area contributed by atoms with Gasteiger partial charge < -0.3 is 4.74 Å². The Hall–Kier alpha value is 0.200. The summed E-state index contributed by atoms with van der Waals surface area (Å²) in [6.07, 6.45) is 5.51. The van der Waals surface area contributed by atoms with Crippen molar-refractivity contribution in [3.05, 3.63) is 34.9 Å². The molecule has 0 N–H and O–H groups in total. The van der Waals surface area contributed by atoms with Crippen molar-refractivity contribution < 1.29 is 4.74 Å². The predicted octanol–water partition coefficient (Wildman–Crippen LogP) is 5.66. The maximum absolute atomic E-state index is 6.26. The second-order valence-corrected chi connectivity index (χ2v) is 6.92. The minimum Gasteiger partial charge on any atom is -0.372 e. The maximum atomic E-state index is 6.26. The van der Waals surface area contributed by atoms with Crippen LogP contribution in [0, 0.1) is 11.8 Å². The molecule has 106 valence electrons. The van der Waals surface area contributed by atoms with Crippen molar-refractivity contribution in [2.24, 2.45) is 11.8 Å². The van der Waals surface area contributed by atoms with Crippen LogP contribution in [-0.4, -0.2) is 11.0 Å². The quantitative estimate of drug-likeness (QED) is 0.464. The molecule has 3 unspecified atom stereocenters. The van der Waals surface area contributed by atoms with Gasteiger partial charge in [-0.15, -0.1) is 0 Å². The highest BCUT2D eigenvalue weighted by Gasteiger charge is 2.21. The molecule has 0 spiro atoms. The van der Waals surface area contributed by atoms with Crippen LogP contribution in [0.15, 0.2) is 24.3 Å². The molecule has 2 rings (SSSR count). The molecule has 1 fully saturated rings. The summed E-state index contributed by atoms with van der Waals surface area (Å²) in [6, 6.07) is 8.03. The fraction of sp³-hybridized carbons (Fsp3) is 0.625. The highest BCUT2D eigenvalue weighted by molar-refractivity contribution is 14.1. The molecule has 0 aliphatic heterocycles. The van der Waals surface area contributed by atoms with Gasteiger partial charge in [-0.1, -0.05) is 72.2 Å². The van der Waals surface area contributed by atoms with Gasteiger partial charge in [0.05, 0.1) is 12.7 Å². The van der Waals surface area contributed by atoms with Gasteiger partial charge in [-0.2, -0.15) is 0 Å². The average molecular weight is 393 g/mol. The van der Waals surface area contributed by atoms with Gasteiger partial charge in [0.2, 0.25) is 0 Å². The largest absolute Gasteiger partial charge is 0.372 e. The van der Waals surface area contributed by atoms with Crippen molar-refractivity contribution in [1.82, 2.24) is 0 Å². The van der Waals surface area contributed by atoms with E-state index in [1.54, 1.807) is 0 Å². The molecular formula is C16H22ClIO. The van der Waals surface area contributed by atoms with Gasteiger partial charge in [-0.05, 0) is 30.7 Å². The molecule has 0 amide bonds. The zero-order valence-corrected chi connectivity index (χ0v) is 14.4. The molecule has 3 atom stereocenters. The SMILES string of the molecule is CC1CCCC(COC(CI)c2ccccc2Cl)C1. The van der Waals surface area contributed by atoms with Crippen molar-refractivity contribution >= 4 is 34.2 Å². The van der Waals surface area contributed by atoms with E-state index in [4.69, 9.17) is 16.3 Å². The zero-order valence-electron chi connectivity index (χ0n) is 11.4. The number of halogens is 2. The average Bonchev–Trinajstić information content (AvgIpc) is 2.41. The fourth-order valence-corrected chi connectivity index (χ4v) is 3.90. The van der Waals surface area contributed by atoms with Crippen molar-refractivity contribution in [3.63, 3.8) is 0 Å². The second kappa shape index (κ2) is 7.84. The summed E-state index contributed by atoms with van der Waals surface area (Å²) in [7, 11) is 0. The molecule has 1 aliphatic rings. The van der Waals surface area contributed by atoms with E-state index in [0.717, 1.165) is 33.5 Å². The summed E-state index contributed by atoms with van der Waals surface area (Å²) in [6.45, 7) is 3.24. The molecule has 0 saturated heterocycles. The van der Waals surface area contributed by atoms with Gasteiger partial charge in [0, 0.05) is 15.0 Å². The first-order chi connectivity index (χ1) is 9.20. The molecule has 1 aromatic rings. The number of alkyl halides is 1. The Morgan fingerprint density at radius 2 is 2.16 bits per heavy atom. The number of hydrogen-bond acceptors (Lipinski definition) is 1. The third-order valence-corrected chi connectivity index (χ3v) is 5.11. The van der Waals surface area contributed by atoms with Crippen LogP contribution in [0.3, 0.4) is 0 Å². The van der Waals surface area contributed by atoms with Crippen LogP contribution in [0.1, 0.15) is 44.3 Å². The van der Waals surface area contributed by atoms with Gasteiger partial charge in [-0.3, -0.25) is 0 Å². The molecule has 0 heterocycles. The molecular weight excluding hydrogens is 371 g/mol. The van der Waals surface area contributed by atoms with Crippen LogP contribution in [0.2, 0.25) is 5.02 Å². The number of rotatable bonds is 5. The van der Waals surface area contributed by atoms with Crippen molar-refractivity contribution in [3.8, 4) is 0 Å². The van der Waals surface area contributed by atoms with Gasteiger partial charge in [0.25, 0.3) is 0 Å². The van der Waals surface area contributed by atoms with Crippen molar-refractivity contribution in [2.45, 2.75) is 38.7 Å². The molecule has 0 bridgehead atoms. The molecule has 3 heteroatoms. The van der Waals surface area contributed by atoms with Crippen LogP contribution in [0.4, 0.5) is 0 Å². The summed E-state index contributed by atoms with van der Waals surface area (Å²) < 4.78 is 7.10. The van der Waals surface area contributed by atoms with Gasteiger partial charge in [0.1, 0.15) is 0 Å². The van der Waals surface area contributed by atoms with E-state index in [0.29, 0.717) is 0 Å². The molecule has 1 aliphatic carbocycles. The second-order valence-electron chi connectivity index (χ2n) is 5.64. The standard InChI is InChI=1S/C16H22ClIO/c1-12-5-4-6-13(9-12)11-19-16(10-18)14-7-2-3-8-15(14)17/h2-3,7-8,12-13,16H,4-6,9-11H2,1H3. The smallest absolute Gasteiger partial charge is 0.0928 e. The summed E-state index contributed by atoms with van der Waals surface area (Å²) in [5.74, 6) is 1.59. The minimum absolute atomic E-state index is 0.131. The first kappa shape index (κ1) is 15.6. The van der Waals surface area contributed by atoms with E-state index >= 15 is 0 Å².